The first-order valence-electron chi connectivity index (χ1n) is 8.61. The van der Waals surface area contributed by atoms with Gasteiger partial charge in [-0.3, -0.25) is 4.79 Å². The molecule has 138 valence electrons. The molecule has 1 fully saturated rings. The standard InChI is InChI=1S/C20H18FN3O3/c1-12-15(21)7-5-8-16(12)24-11-13(10-18(24)25)20-22-19(23-27-20)14-6-3-4-9-17(14)26-2/h3-9,13H,10-11H2,1-2H3. The zero-order chi connectivity index (χ0) is 19.0. The minimum Gasteiger partial charge on any atom is -0.496 e. The lowest BCUT2D eigenvalue weighted by molar-refractivity contribution is -0.117. The van der Waals surface area contributed by atoms with Gasteiger partial charge in [0.05, 0.1) is 18.6 Å². The predicted octanol–water partition coefficient (Wildman–Crippen LogP) is 3.71. The predicted molar refractivity (Wildman–Crippen MR) is 97.1 cm³/mol. The number of hydrogen-bond acceptors (Lipinski definition) is 5. The van der Waals surface area contributed by atoms with E-state index in [0.29, 0.717) is 35.3 Å². The first-order chi connectivity index (χ1) is 13.1. The monoisotopic (exact) mass is 367 g/mol. The maximum Gasteiger partial charge on any atom is 0.232 e. The second-order valence-corrected chi connectivity index (χ2v) is 6.45. The fourth-order valence-electron chi connectivity index (χ4n) is 3.33. The van der Waals surface area contributed by atoms with Gasteiger partial charge >= 0.3 is 0 Å². The third kappa shape index (κ3) is 3.05. The van der Waals surface area contributed by atoms with Crippen molar-refractivity contribution in [2.24, 2.45) is 0 Å². The molecule has 27 heavy (non-hydrogen) atoms. The number of aromatic nitrogens is 2. The van der Waals surface area contributed by atoms with Crippen LogP contribution in [-0.4, -0.2) is 29.7 Å². The molecule has 0 aliphatic carbocycles. The van der Waals surface area contributed by atoms with Crippen LogP contribution < -0.4 is 9.64 Å². The van der Waals surface area contributed by atoms with Gasteiger partial charge in [-0.2, -0.15) is 4.98 Å². The highest BCUT2D eigenvalue weighted by Crippen LogP contribution is 2.35. The van der Waals surface area contributed by atoms with E-state index in [1.165, 1.54) is 6.07 Å². The Morgan fingerprint density at radius 1 is 1.22 bits per heavy atom. The van der Waals surface area contributed by atoms with E-state index in [9.17, 15) is 9.18 Å². The van der Waals surface area contributed by atoms with Gasteiger partial charge in [-0.1, -0.05) is 23.4 Å². The molecule has 0 spiro atoms. The molecule has 1 unspecified atom stereocenters. The van der Waals surface area contributed by atoms with Crippen molar-refractivity contribution in [3.05, 3.63) is 59.7 Å². The molecule has 1 aliphatic heterocycles. The molecule has 4 rings (SSSR count). The van der Waals surface area contributed by atoms with E-state index in [2.05, 4.69) is 10.1 Å². The molecule has 2 heterocycles. The second-order valence-electron chi connectivity index (χ2n) is 6.45. The number of para-hydroxylation sites is 1. The van der Waals surface area contributed by atoms with Crippen molar-refractivity contribution in [3.63, 3.8) is 0 Å². The van der Waals surface area contributed by atoms with Crippen LogP contribution in [0.15, 0.2) is 47.0 Å². The Hall–Kier alpha value is -3.22. The summed E-state index contributed by atoms with van der Waals surface area (Å²) in [5.74, 6) is 0.780. The average molecular weight is 367 g/mol. The van der Waals surface area contributed by atoms with Crippen molar-refractivity contribution >= 4 is 11.6 Å². The highest BCUT2D eigenvalue weighted by molar-refractivity contribution is 5.97. The van der Waals surface area contributed by atoms with E-state index < -0.39 is 0 Å². The van der Waals surface area contributed by atoms with Crippen molar-refractivity contribution in [1.82, 2.24) is 10.1 Å². The van der Waals surface area contributed by atoms with Crippen molar-refractivity contribution in [2.75, 3.05) is 18.6 Å². The maximum absolute atomic E-state index is 13.9. The summed E-state index contributed by atoms with van der Waals surface area (Å²) in [4.78, 5) is 18.5. The lowest BCUT2D eigenvalue weighted by Crippen LogP contribution is -2.25. The van der Waals surface area contributed by atoms with E-state index in [0.717, 1.165) is 5.56 Å². The van der Waals surface area contributed by atoms with Crippen molar-refractivity contribution in [3.8, 4) is 17.1 Å². The molecule has 0 N–H and O–H groups in total. The molecule has 2 aromatic carbocycles. The van der Waals surface area contributed by atoms with Crippen LogP contribution in [0.4, 0.5) is 10.1 Å². The number of nitrogens with zero attached hydrogens (tertiary/aromatic N) is 3. The quantitative estimate of drug-likeness (QED) is 0.703. The number of rotatable bonds is 4. The van der Waals surface area contributed by atoms with Gasteiger partial charge in [0.2, 0.25) is 17.6 Å². The Balaban J connectivity index is 1.60. The average Bonchev–Trinajstić information content (AvgIpc) is 3.31. The van der Waals surface area contributed by atoms with Crippen molar-refractivity contribution < 1.29 is 18.4 Å². The van der Waals surface area contributed by atoms with E-state index in [1.807, 2.05) is 24.3 Å². The largest absolute Gasteiger partial charge is 0.496 e. The van der Waals surface area contributed by atoms with Gasteiger partial charge < -0.3 is 14.2 Å². The van der Waals surface area contributed by atoms with Crippen molar-refractivity contribution in [2.45, 2.75) is 19.3 Å². The Kier molecular flexibility index (Phi) is 4.35. The molecule has 6 nitrogen and oxygen atoms in total. The topological polar surface area (TPSA) is 68.5 Å². The third-order valence-corrected chi connectivity index (χ3v) is 4.79. The van der Waals surface area contributed by atoms with Gasteiger partial charge in [0.25, 0.3) is 0 Å². The summed E-state index contributed by atoms with van der Waals surface area (Å²) in [6.07, 6.45) is 0.240. The minimum absolute atomic E-state index is 0.0919. The fraction of sp³-hybridized carbons (Fsp3) is 0.250. The second kappa shape index (κ2) is 6.83. The van der Waals surface area contributed by atoms with Crippen LogP contribution in [0.1, 0.15) is 23.8 Å². The van der Waals surface area contributed by atoms with Crippen LogP contribution in [0.5, 0.6) is 5.75 Å². The highest BCUT2D eigenvalue weighted by atomic mass is 19.1. The number of ether oxygens (including phenoxy) is 1. The molecule has 3 aromatic rings. The number of methoxy groups -OCH3 is 1. The Bertz CT molecular complexity index is 1000. The Labute approximate surface area is 155 Å². The van der Waals surface area contributed by atoms with Gasteiger partial charge in [0, 0.05) is 24.2 Å². The van der Waals surface area contributed by atoms with Gasteiger partial charge in [-0.05, 0) is 31.2 Å². The molecule has 1 amide bonds. The van der Waals surface area contributed by atoms with Gasteiger partial charge in [0.15, 0.2) is 0 Å². The van der Waals surface area contributed by atoms with Crippen LogP contribution in [0, 0.1) is 12.7 Å². The molecule has 1 aromatic heterocycles. The summed E-state index contributed by atoms with van der Waals surface area (Å²) in [6, 6.07) is 12.1. The fourth-order valence-corrected chi connectivity index (χ4v) is 3.33. The van der Waals surface area contributed by atoms with Crippen LogP contribution in [-0.2, 0) is 4.79 Å². The zero-order valence-electron chi connectivity index (χ0n) is 15.0. The molecular weight excluding hydrogens is 349 g/mol. The van der Waals surface area contributed by atoms with Crippen LogP contribution in [0.25, 0.3) is 11.4 Å². The van der Waals surface area contributed by atoms with E-state index in [1.54, 1.807) is 31.1 Å². The van der Waals surface area contributed by atoms with E-state index in [-0.39, 0.29) is 24.1 Å². The summed E-state index contributed by atoms with van der Waals surface area (Å²) < 4.78 is 24.6. The molecule has 0 bridgehead atoms. The summed E-state index contributed by atoms with van der Waals surface area (Å²) in [5.41, 5.74) is 1.75. The molecule has 0 radical (unpaired) electrons. The van der Waals surface area contributed by atoms with E-state index >= 15 is 0 Å². The Morgan fingerprint density at radius 2 is 2.04 bits per heavy atom. The lowest BCUT2D eigenvalue weighted by Gasteiger charge is -2.18. The first-order valence-corrected chi connectivity index (χ1v) is 8.61. The summed E-state index contributed by atoms with van der Waals surface area (Å²) >= 11 is 0. The van der Waals surface area contributed by atoms with Gasteiger partial charge in [-0.25, -0.2) is 4.39 Å². The van der Waals surface area contributed by atoms with Gasteiger partial charge in [-0.15, -0.1) is 0 Å². The maximum atomic E-state index is 13.9. The summed E-state index contributed by atoms with van der Waals surface area (Å²) in [5, 5.41) is 4.04. The molecule has 1 aliphatic rings. The Morgan fingerprint density at radius 3 is 2.85 bits per heavy atom. The van der Waals surface area contributed by atoms with Crippen LogP contribution in [0.3, 0.4) is 0 Å². The zero-order valence-corrected chi connectivity index (χ0v) is 15.0. The number of carbonyl (C=O) groups is 1. The number of carbonyl (C=O) groups excluding carboxylic acids is 1. The minimum atomic E-state index is -0.333. The molecule has 0 saturated carbocycles. The number of hydrogen-bond donors (Lipinski definition) is 0. The number of amides is 1. The van der Waals surface area contributed by atoms with Gasteiger partial charge in [0.1, 0.15) is 11.6 Å². The number of anilines is 1. The summed E-state index contributed by atoms with van der Waals surface area (Å²) in [6.45, 7) is 2.04. The van der Waals surface area contributed by atoms with Crippen LogP contribution in [0.2, 0.25) is 0 Å². The first kappa shape index (κ1) is 17.2. The third-order valence-electron chi connectivity index (χ3n) is 4.79. The number of halogens is 1. The van der Waals surface area contributed by atoms with E-state index in [4.69, 9.17) is 9.26 Å². The highest BCUT2D eigenvalue weighted by Gasteiger charge is 2.36. The molecule has 7 heteroatoms. The normalized spacial score (nSPS) is 16.8. The smallest absolute Gasteiger partial charge is 0.232 e. The molecular formula is C20H18FN3O3. The summed E-state index contributed by atoms with van der Waals surface area (Å²) in [7, 11) is 1.58. The SMILES string of the molecule is COc1ccccc1-c1noc(C2CC(=O)N(c3cccc(F)c3C)C2)n1. The molecule has 1 atom stereocenters. The van der Waals surface area contributed by atoms with Crippen molar-refractivity contribution in [1.29, 1.82) is 0 Å². The van der Waals surface area contributed by atoms with Crippen LogP contribution >= 0.6 is 0 Å². The molecule has 1 saturated heterocycles. The lowest BCUT2D eigenvalue weighted by atomic mass is 10.1. The number of benzene rings is 2.